The molecule has 2 aromatic carbocycles. The second-order valence-corrected chi connectivity index (χ2v) is 7.87. The number of fused-ring (bicyclic) bond motifs is 1. The Hall–Kier alpha value is -2.05. The molecule has 2 aliphatic heterocycles. The molecule has 0 N–H and O–H groups in total. The monoisotopic (exact) mass is 431 g/mol. The number of carbonyl (C=O) groups excluding carboxylic acids is 1. The summed E-state index contributed by atoms with van der Waals surface area (Å²) in [4.78, 5) is 14.5. The van der Waals surface area contributed by atoms with Gasteiger partial charge >= 0.3 is 0 Å². The lowest BCUT2D eigenvalue weighted by molar-refractivity contribution is -0.227. The molecule has 4 rings (SSSR count). The number of hydrogen-bond donors (Lipinski definition) is 0. The van der Waals surface area contributed by atoms with E-state index in [1.54, 1.807) is 7.11 Å². The van der Waals surface area contributed by atoms with Crippen LogP contribution < -0.4 is 9.47 Å². The SMILES string of the molecule is COc1ccc(CC(=O)N2CCC3(CC2)OCc2cc(Br)ccc2O3)cc1. The van der Waals surface area contributed by atoms with Gasteiger partial charge in [0.05, 0.1) is 20.1 Å². The van der Waals surface area contributed by atoms with Crippen molar-refractivity contribution in [2.45, 2.75) is 31.7 Å². The number of halogens is 1. The van der Waals surface area contributed by atoms with E-state index in [0.29, 0.717) is 39.0 Å². The molecule has 2 aliphatic rings. The standard InChI is InChI=1S/C21H22BrNO4/c1-25-18-5-2-15(3-6-18)12-20(24)23-10-8-21(9-11-23)26-14-16-13-17(22)4-7-19(16)27-21/h2-7,13H,8-12,14H2,1H3. The predicted octanol–water partition coefficient (Wildman–Crippen LogP) is 3.93. The molecule has 0 unspecified atom stereocenters. The maximum atomic E-state index is 12.6. The second-order valence-electron chi connectivity index (χ2n) is 6.96. The highest BCUT2D eigenvalue weighted by atomic mass is 79.9. The molecule has 1 saturated heterocycles. The van der Waals surface area contributed by atoms with Crippen LogP contribution in [-0.4, -0.2) is 36.8 Å². The zero-order chi connectivity index (χ0) is 18.9. The van der Waals surface area contributed by atoms with Crippen molar-refractivity contribution in [3.05, 3.63) is 58.1 Å². The van der Waals surface area contributed by atoms with Gasteiger partial charge < -0.3 is 19.1 Å². The number of carbonyl (C=O) groups is 1. The van der Waals surface area contributed by atoms with E-state index in [0.717, 1.165) is 27.1 Å². The quantitative estimate of drug-likeness (QED) is 0.738. The molecule has 5 nitrogen and oxygen atoms in total. The molecule has 2 aromatic rings. The smallest absolute Gasteiger partial charge is 0.226 e. The van der Waals surface area contributed by atoms with Gasteiger partial charge in [-0.1, -0.05) is 28.1 Å². The summed E-state index contributed by atoms with van der Waals surface area (Å²) in [5.74, 6) is 1.19. The third-order valence-electron chi connectivity index (χ3n) is 5.20. The van der Waals surface area contributed by atoms with Gasteiger partial charge in [0.15, 0.2) is 0 Å². The van der Waals surface area contributed by atoms with E-state index in [1.807, 2.05) is 47.4 Å². The van der Waals surface area contributed by atoms with E-state index in [4.69, 9.17) is 14.2 Å². The normalized spacial score (nSPS) is 17.9. The highest BCUT2D eigenvalue weighted by Gasteiger charge is 2.41. The van der Waals surface area contributed by atoms with E-state index in [2.05, 4.69) is 15.9 Å². The summed E-state index contributed by atoms with van der Waals surface area (Å²) in [5.41, 5.74) is 2.04. The van der Waals surface area contributed by atoms with Gasteiger partial charge in [0.1, 0.15) is 11.5 Å². The van der Waals surface area contributed by atoms with Crippen molar-refractivity contribution >= 4 is 21.8 Å². The zero-order valence-electron chi connectivity index (χ0n) is 15.2. The molecular formula is C21H22BrNO4. The maximum Gasteiger partial charge on any atom is 0.226 e. The summed E-state index contributed by atoms with van der Waals surface area (Å²) >= 11 is 3.47. The van der Waals surface area contributed by atoms with Crippen LogP contribution in [0.4, 0.5) is 0 Å². The molecule has 142 valence electrons. The van der Waals surface area contributed by atoms with Crippen LogP contribution in [0.3, 0.4) is 0 Å². The third-order valence-corrected chi connectivity index (χ3v) is 5.69. The third kappa shape index (κ3) is 3.96. The van der Waals surface area contributed by atoms with Crippen molar-refractivity contribution < 1.29 is 19.0 Å². The van der Waals surface area contributed by atoms with E-state index in [-0.39, 0.29) is 5.91 Å². The summed E-state index contributed by atoms with van der Waals surface area (Å²) in [7, 11) is 1.64. The van der Waals surface area contributed by atoms with Crippen LogP contribution in [-0.2, 0) is 22.6 Å². The van der Waals surface area contributed by atoms with Gasteiger partial charge in [-0.15, -0.1) is 0 Å². The van der Waals surface area contributed by atoms with Crippen molar-refractivity contribution in [1.29, 1.82) is 0 Å². The number of piperidine rings is 1. The average Bonchev–Trinajstić information content (AvgIpc) is 2.69. The Labute approximate surface area is 167 Å². The molecule has 2 heterocycles. The number of nitrogens with zero attached hydrogens (tertiary/aromatic N) is 1. The fourth-order valence-corrected chi connectivity index (χ4v) is 3.98. The number of ether oxygens (including phenoxy) is 3. The Bertz CT molecular complexity index is 829. The predicted molar refractivity (Wildman–Crippen MR) is 105 cm³/mol. The molecule has 1 fully saturated rings. The first-order valence-electron chi connectivity index (χ1n) is 9.09. The molecule has 0 atom stereocenters. The molecule has 1 amide bonds. The minimum Gasteiger partial charge on any atom is -0.497 e. The van der Waals surface area contributed by atoms with Gasteiger partial charge in [0.25, 0.3) is 0 Å². The van der Waals surface area contributed by atoms with Crippen LogP contribution in [0.25, 0.3) is 0 Å². The Morgan fingerprint density at radius 2 is 1.93 bits per heavy atom. The Morgan fingerprint density at radius 1 is 1.19 bits per heavy atom. The molecule has 0 aromatic heterocycles. The summed E-state index contributed by atoms with van der Waals surface area (Å²) in [6, 6.07) is 13.6. The van der Waals surface area contributed by atoms with Crippen molar-refractivity contribution in [3.8, 4) is 11.5 Å². The molecule has 0 aliphatic carbocycles. The zero-order valence-corrected chi connectivity index (χ0v) is 16.8. The van der Waals surface area contributed by atoms with Crippen molar-refractivity contribution in [2.75, 3.05) is 20.2 Å². The number of rotatable bonds is 3. The molecule has 0 radical (unpaired) electrons. The minimum atomic E-state index is -0.613. The number of likely N-dealkylation sites (tertiary alicyclic amines) is 1. The first-order valence-corrected chi connectivity index (χ1v) is 9.88. The van der Waals surface area contributed by atoms with Crippen LogP contribution in [0.1, 0.15) is 24.0 Å². The fourth-order valence-electron chi connectivity index (χ4n) is 3.57. The topological polar surface area (TPSA) is 48.0 Å². The van der Waals surface area contributed by atoms with Crippen molar-refractivity contribution in [1.82, 2.24) is 4.90 Å². The van der Waals surface area contributed by atoms with Crippen LogP contribution in [0.2, 0.25) is 0 Å². The van der Waals surface area contributed by atoms with Crippen LogP contribution in [0.15, 0.2) is 46.9 Å². The van der Waals surface area contributed by atoms with Gasteiger partial charge in [0.2, 0.25) is 11.7 Å². The molecule has 27 heavy (non-hydrogen) atoms. The number of benzene rings is 2. The number of methoxy groups -OCH3 is 1. The molecular weight excluding hydrogens is 410 g/mol. The van der Waals surface area contributed by atoms with Gasteiger partial charge in [-0.2, -0.15) is 0 Å². The largest absolute Gasteiger partial charge is 0.497 e. The number of hydrogen-bond acceptors (Lipinski definition) is 4. The molecule has 0 bridgehead atoms. The molecule has 0 saturated carbocycles. The van der Waals surface area contributed by atoms with Crippen LogP contribution >= 0.6 is 15.9 Å². The van der Waals surface area contributed by atoms with Gasteiger partial charge in [-0.05, 0) is 35.9 Å². The van der Waals surface area contributed by atoms with Crippen LogP contribution in [0, 0.1) is 0 Å². The Morgan fingerprint density at radius 3 is 2.63 bits per heavy atom. The molecule has 1 spiro atoms. The molecule has 6 heteroatoms. The van der Waals surface area contributed by atoms with E-state index >= 15 is 0 Å². The van der Waals surface area contributed by atoms with Crippen molar-refractivity contribution in [2.24, 2.45) is 0 Å². The number of amides is 1. The summed E-state index contributed by atoms with van der Waals surface area (Å²) < 4.78 is 18.4. The lowest BCUT2D eigenvalue weighted by atomic mass is 10.0. The second kappa shape index (κ2) is 7.52. The Kier molecular flexibility index (Phi) is 5.10. The van der Waals surface area contributed by atoms with Gasteiger partial charge in [-0.25, -0.2) is 0 Å². The maximum absolute atomic E-state index is 12.6. The lowest BCUT2D eigenvalue weighted by Gasteiger charge is -2.44. The lowest BCUT2D eigenvalue weighted by Crippen LogP contribution is -2.52. The van der Waals surface area contributed by atoms with Crippen LogP contribution in [0.5, 0.6) is 11.5 Å². The fraction of sp³-hybridized carbons (Fsp3) is 0.381. The van der Waals surface area contributed by atoms with Crippen molar-refractivity contribution in [3.63, 3.8) is 0 Å². The Balaban J connectivity index is 1.35. The highest BCUT2D eigenvalue weighted by Crippen LogP contribution is 2.38. The first-order chi connectivity index (χ1) is 13.1. The first kappa shape index (κ1) is 18.3. The summed E-state index contributed by atoms with van der Waals surface area (Å²) in [5, 5.41) is 0. The summed E-state index contributed by atoms with van der Waals surface area (Å²) in [6.07, 6.45) is 1.75. The van der Waals surface area contributed by atoms with E-state index in [1.165, 1.54) is 0 Å². The average molecular weight is 432 g/mol. The van der Waals surface area contributed by atoms with E-state index in [9.17, 15) is 4.79 Å². The van der Waals surface area contributed by atoms with Gasteiger partial charge in [0, 0.05) is 36.0 Å². The summed E-state index contributed by atoms with van der Waals surface area (Å²) in [6.45, 7) is 1.82. The van der Waals surface area contributed by atoms with E-state index < -0.39 is 5.79 Å². The van der Waals surface area contributed by atoms with Gasteiger partial charge in [-0.3, -0.25) is 4.79 Å². The minimum absolute atomic E-state index is 0.134. The highest BCUT2D eigenvalue weighted by molar-refractivity contribution is 9.10.